The van der Waals surface area contributed by atoms with Gasteiger partial charge in [0.05, 0.1) is 5.60 Å². The Hall–Kier alpha value is -1.06. The van der Waals surface area contributed by atoms with Crippen molar-refractivity contribution >= 4 is 0 Å². The molecule has 0 aliphatic carbocycles. The summed E-state index contributed by atoms with van der Waals surface area (Å²) in [6, 6.07) is 5.60. The Bertz CT molecular complexity index is 413. The van der Waals surface area contributed by atoms with E-state index in [0.29, 0.717) is 18.2 Å². The van der Waals surface area contributed by atoms with Crippen molar-refractivity contribution in [1.29, 1.82) is 0 Å². The predicted molar refractivity (Wildman–Crippen MR) is 79.3 cm³/mol. The zero-order valence-corrected chi connectivity index (χ0v) is 12.7. The Kier molecular flexibility index (Phi) is 5.39. The summed E-state index contributed by atoms with van der Waals surface area (Å²) in [7, 11) is 0. The van der Waals surface area contributed by atoms with Gasteiger partial charge in [0.1, 0.15) is 5.75 Å². The molecule has 0 spiro atoms. The third-order valence-corrected chi connectivity index (χ3v) is 3.29. The lowest BCUT2D eigenvalue weighted by Crippen LogP contribution is -2.39. The third-order valence-electron chi connectivity index (χ3n) is 3.29. The van der Waals surface area contributed by atoms with Gasteiger partial charge in [0.15, 0.2) is 0 Å². The van der Waals surface area contributed by atoms with Crippen LogP contribution in [0.25, 0.3) is 0 Å². The standard InChI is InChI=1S/C16H27NO2/c1-11(2)9-16(5,19)10-17-13(4)14-8-12(3)6-7-15(14)18/h6-8,11,13,17-19H,9-10H2,1-5H3. The van der Waals surface area contributed by atoms with Gasteiger partial charge in [-0.05, 0) is 39.2 Å². The number of phenols is 1. The fourth-order valence-corrected chi connectivity index (χ4v) is 2.46. The molecule has 1 rings (SSSR count). The molecule has 0 fully saturated rings. The third kappa shape index (κ3) is 5.21. The molecule has 0 amide bonds. The summed E-state index contributed by atoms with van der Waals surface area (Å²) < 4.78 is 0. The second kappa shape index (κ2) is 6.40. The highest BCUT2D eigenvalue weighted by Gasteiger charge is 2.23. The molecule has 2 atom stereocenters. The maximum atomic E-state index is 10.3. The van der Waals surface area contributed by atoms with E-state index in [1.165, 1.54) is 0 Å². The number of phenolic OH excluding ortho intramolecular Hbond substituents is 1. The minimum absolute atomic E-state index is 0.0125. The van der Waals surface area contributed by atoms with Crippen molar-refractivity contribution < 1.29 is 10.2 Å². The first-order chi connectivity index (χ1) is 8.71. The molecule has 3 N–H and O–H groups in total. The van der Waals surface area contributed by atoms with Gasteiger partial charge in [0.2, 0.25) is 0 Å². The molecule has 19 heavy (non-hydrogen) atoms. The fraction of sp³-hybridized carbons (Fsp3) is 0.625. The molecule has 0 aliphatic rings. The van der Waals surface area contributed by atoms with Crippen LogP contribution in [-0.4, -0.2) is 22.4 Å². The van der Waals surface area contributed by atoms with Gasteiger partial charge < -0.3 is 15.5 Å². The van der Waals surface area contributed by atoms with E-state index in [4.69, 9.17) is 0 Å². The highest BCUT2D eigenvalue weighted by molar-refractivity contribution is 5.37. The SMILES string of the molecule is Cc1ccc(O)c(C(C)NCC(C)(O)CC(C)C)c1. The number of aliphatic hydroxyl groups is 1. The summed E-state index contributed by atoms with van der Waals surface area (Å²) in [6.07, 6.45) is 0.756. The van der Waals surface area contributed by atoms with Gasteiger partial charge in [-0.1, -0.05) is 31.5 Å². The molecule has 0 aromatic heterocycles. The Balaban J connectivity index is 2.65. The highest BCUT2D eigenvalue weighted by Crippen LogP contribution is 2.25. The summed E-state index contributed by atoms with van der Waals surface area (Å²) in [4.78, 5) is 0. The van der Waals surface area contributed by atoms with Crippen LogP contribution in [0.2, 0.25) is 0 Å². The van der Waals surface area contributed by atoms with E-state index >= 15 is 0 Å². The van der Waals surface area contributed by atoms with Crippen molar-refractivity contribution in [3.63, 3.8) is 0 Å². The molecule has 0 heterocycles. The topological polar surface area (TPSA) is 52.5 Å². The van der Waals surface area contributed by atoms with Gasteiger partial charge in [-0.2, -0.15) is 0 Å². The molecular formula is C16H27NO2. The predicted octanol–water partition coefficient (Wildman–Crippen LogP) is 3.15. The monoisotopic (exact) mass is 265 g/mol. The number of benzene rings is 1. The van der Waals surface area contributed by atoms with Crippen LogP contribution in [0.1, 0.15) is 51.3 Å². The van der Waals surface area contributed by atoms with Gasteiger partial charge in [0.25, 0.3) is 0 Å². The summed E-state index contributed by atoms with van der Waals surface area (Å²) in [6.45, 7) is 10.6. The first-order valence-electron chi connectivity index (χ1n) is 6.96. The van der Waals surface area contributed by atoms with Crippen LogP contribution in [0.5, 0.6) is 5.75 Å². The first kappa shape index (κ1) is 16.0. The van der Waals surface area contributed by atoms with Crippen molar-refractivity contribution in [2.45, 2.75) is 52.7 Å². The smallest absolute Gasteiger partial charge is 0.120 e. The minimum atomic E-state index is -0.720. The van der Waals surface area contributed by atoms with Crippen LogP contribution in [0.15, 0.2) is 18.2 Å². The number of hydrogen-bond acceptors (Lipinski definition) is 3. The quantitative estimate of drug-likeness (QED) is 0.740. The van der Waals surface area contributed by atoms with Gasteiger partial charge in [0, 0.05) is 18.2 Å². The van der Waals surface area contributed by atoms with Crippen LogP contribution in [0.3, 0.4) is 0 Å². The average Bonchev–Trinajstić information content (AvgIpc) is 2.27. The lowest BCUT2D eigenvalue weighted by Gasteiger charge is -2.28. The van der Waals surface area contributed by atoms with Gasteiger partial charge in [-0.15, -0.1) is 0 Å². The largest absolute Gasteiger partial charge is 0.508 e. The number of nitrogens with one attached hydrogen (secondary N) is 1. The van der Waals surface area contributed by atoms with Crippen molar-refractivity contribution in [2.75, 3.05) is 6.54 Å². The van der Waals surface area contributed by atoms with Gasteiger partial charge in [-0.25, -0.2) is 0 Å². The summed E-state index contributed by atoms with van der Waals surface area (Å²) >= 11 is 0. The number of hydrogen-bond donors (Lipinski definition) is 3. The normalized spacial score (nSPS) is 16.4. The van der Waals surface area contributed by atoms with Crippen molar-refractivity contribution in [2.24, 2.45) is 5.92 Å². The molecule has 3 nitrogen and oxygen atoms in total. The minimum Gasteiger partial charge on any atom is -0.508 e. The van der Waals surface area contributed by atoms with Crippen molar-refractivity contribution in [1.82, 2.24) is 5.32 Å². The Morgan fingerprint density at radius 3 is 2.47 bits per heavy atom. The molecule has 0 bridgehead atoms. The van der Waals surface area contributed by atoms with Gasteiger partial charge in [-0.3, -0.25) is 0 Å². The molecule has 0 saturated carbocycles. The molecule has 0 radical (unpaired) electrons. The van der Waals surface area contributed by atoms with E-state index in [9.17, 15) is 10.2 Å². The highest BCUT2D eigenvalue weighted by atomic mass is 16.3. The molecule has 3 heteroatoms. The lowest BCUT2D eigenvalue weighted by atomic mass is 9.93. The second-order valence-corrected chi connectivity index (χ2v) is 6.26. The zero-order valence-electron chi connectivity index (χ0n) is 12.7. The van der Waals surface area contributed by atoms with E-state index in [1.54, 1.807) is 6.07 Å². The molecule has 0 aliphatic heterocycles. The van der Waals surface area contributed by atoms with Crippen LogP contribution >= 0.6 is 0 Å². The van der Waals surface area contributed by atoms with E-state index < -0.39 is 5.60 Å². The van der Waals surface area contributed by atoms with Crippen LogP contribution in [0.4, 0.5) is 0 Å². The molecule has 1 aromatic carbocycles. The molecule has 2 unspecified atom stereocenters. The molecule has 0 saturated heterocycles. The van der Waals surface area contributed by atoms with Crippen LogP contribution < -0.4 is 5.32 Å². The molecule has 1 aromatic rings. The Morgan fingerprint density at radius 1 is 1.26 bits per heavy atom. The number of aromatic hydroxyl groups is 1. The summed E-state index contributed by atoms with van der Waals surface area (Å²) in [5, 5.41) is 23.5. The fourth-order valence-electron chi connectivity index (χ4n) is 2.46. The van der Waals surface area contributed by atoms with E-state index in [-0.39, 0.29) is 6.04 Å². The Labute approximate surface area is 116 Å². The molecule has 108 valence electrons. The van der Waals surface area contributed by atoms with E-state index in [1.807, 2.05) is 32.9 Å². The van der Waals surface area contributed by atoms with E-state index in [0.717, 1.165) is 17.5 Å². The second-order valence-electron chi connectivity index (χ2n) is 6.26. The number of aryl methyl sites for hydroxylation is 1. The van der Waals surface area contributed by atoms with Crippen LogP contribution in [0, 0.1) is 12.8 Å². The summed E-state index contributed by atoms with van der Waals surface area (Å²) in [5.74, 6) is 0.758. The zero-order chi connectivity index (χ0) is 14.6. The summed E-state index contributed by atoms with van der Waals surface area (Å²) in [5.41, 5.74) is 1.28. The maximum Gasteiger partial charge on any atom is 0.120 e. The number of rotatable bonds is 6. The average molecular weight is 265 g/mol. The van der Waals surface area contributed by atoms with E-state index in [2.05, 4.69) is 19.2 Å². The molecular weight excluding hydrogens is 238 g/mol. The van der Waals surface area contributed by atoms with Crippen molar-refractivity contribution in [3.8, 4) is 5.75 Å². The lowest BCUT2D eigenvalue weighted by molar-refractivity contribution is 0.0363. The maximum absolute atomic E-state index is 10.3. The van der Waals surface area contributed by atoms with Gasteiger partial charge >= 0.3 is 0 Å². The Morgan fingerprint density at radius 2 is 1.89 bits per heavy atom. The van der Waals surface area contributed by atoms with Crippen molar-refractivity contribution in [3.05, 3.63) is 29.3 Å². The van der Waals surface area contributed by atoms with Crippen LogP contribution in [-0.2, 0) is 0 Å². The first-order valence-corrected chi connectivity index (χ1v) is 6.96.